The smallest absolute Gasteiger partial charge is 0.0770 e. The normalized spacial score (nSPS) is 11.6. The van der Waals surface area contributed by atoms with Gasteiger partial charge in [-0.2, -0.15) is 0 Å². The van der Waals surface area contributed by atoms with E-state index in [-0.39, 0.29) is 6.61 Å². The van der Waals surface area contributed by atoms with Gasteiger partial charge >= 0.3 is 0 Å². The third-order valence-corrected chi connectivity index (χ3v) is 3.77. The van der Waals surface area contributed by atoms with Crippen LogP contribution in [0.25, 0.3) is 0 Å². The molecule has 0 saturated heterocycles. The van der Waals surface area contributed by atoms with Gasteiger partial charge in [0.25, 0.3) is 0 Å². The van der Waals surface area contributed by atoms with Crippen molar-refractivity contribution in [2.24, 2.45) is 0 Å². The second-order valence-corrected chi connectivity index (χ2v) is 5.96. The molecule has 0 aliphatic heterocycles. The molecule has 0 aliphatic carbocycles. The summed E-state index contributed by atoms with van der Waals surface area (Å²) in [6.45, 7) is 2.16. The molecular formula is C20H36O2. The first-order valence-corrected chi connectivity index (χ1v) is 9.10. The van der Waals surface area contributed by atoms with Crippen molar-refractivity contribution >= 4 is 0 Å². The van der Waals surface area contributed by atoms with Crippen molar-refractivity contribution in [3.05, 3.63) is 36.4 Å². The van der Waals surface area contributed by atoms with Gasteiger partial charge < -0.3 is 10.2 Å². The molecule has 1 aromatic carbocycles. The van der Waals surface area contributed by atoms with Crippen LogP contribution < -0.4 is 0 Å². The Bertz CT molecular complexity index is 260. The van der Waals surface area contributed by atoms with Crippen LogP contribution in [0.4, 0.5) is 0 Å². The molecule has 0 bridgehead atoms. The Balaban J connectivity index is 0.000000604. The second-order valence-electron chi connectivity index (χ2n) is 5.96. The van der Waals surface area contributed by atoms with Crippen molar-refractivity contribution < 1.29 is 10.2 Å². The fourth-order valence-corrected chi connectivity index (χ4v) is 2.34. The molecule has 1 rings (SSSR count). The molecule has 0 aromatic heterocycles. The summed E-state index contributed by atoms with van der Waals surface area (Å²) in [5, 5.41) is 17.8. The van der Waals surface area contributed by atoms with E-state index in [0.29, 0.717) is 0 Å². The molecule has 2 nitrogen and oxygen atoms in total. The number of hydrogen-bond acceptors (Lipinski definition) is 2. The van der Waals surface area contributed by atoms with Crippen LogP contribution in [0, 0.1) is 0 Å². The molecule has 1 aromatic rings. The van der Waals surface area contributed by atoms with E-state index in [1.165, 1.54) is 57.8 Å². The van der Waals surface area contributed by atoms with Crippen LogP contribution in [0.1, 0.15) is 77.6 Å². The molecule has 0 spiro atoms. The molecule has 0 aliphatic rings. The first kappa shape index (κ1) is 21.1. The number of benzene rings is 1. The maximum Gasteiger partial charge on any atom is 0.0770 e. The lowest BCUT2D eigenvalue weighted by atomic mass is 10.0. The summed E-state index contributed by atoms with van der Waals surface area (Å²) in [4.78, 5) is 0. The third-order valence-electron chi connectivity index (χ3n) is 3.77. The Morgan fingerprint density at radius 2 is 1.00 bits per heavy atom. The Kier molecular flexibility index (Phi) is 17.5. The van der Waals surface area contributed by atoms with E-state index in [2.05, 4.69) is 6.92 Å². The van der Waals surface area contributed by atoms with E-state index < -0.39 is 6.10 Å². The minimum atomic E-state index is -0.492. The Morgan fingerprint density at radius 3 is 1.36 bits per heavy atom. The van der Waals surface area contributed by atoms with Gasteiger partial charge in [0.15, 0.2) is 0 Å². The zero-order valence-electron chi connectivity index (χ0n) is 14.4. The van der Waals surface area contributed by atoms with Gasteiger partial charge in [0, 0.05) is 0 Å². The molecule has 128 valence electrons. The molecule has 1 unspecified atom stereocenters. The van der Waals surface area contributed by atoms with Crippen LogP contribution >= 0.6 is 0 Å². The molecule has 0 fully saturated rings. The SMILES string of the molecule is CCCCCCCCCCCCC(O)CO.c1ccccc1. The Morgan fingerprint density at radius 1 is 0.636 bits per heavy atom. The molecule has 2 heteroatoms. The molecule has 0 saturated carbocycles. The molecule has 0 heterocycles. The highest BCUT2D eigenvalue weighted by atomic mass is 16.3. The standard InChI is InChI=1S/C14H30O2.C6H6/c1-2-3-4-5-6-7-8-9-10-11-12-14(16)13-15;1-2-4-6-5-3-1/h14-16H,2-13H2,1H3;1-6H. The van der Waals surface area contributed by atoms with E-state index >= 15 is 0 Å². The quantitative estimate of drug-likeness (QED) is 0.512. The van der Waals surface area contributed by atoms with Crippen LogP contribution in [0.5, 0.6) is 0 Å². The number of aliphatic hydroxyl groups excluding tert-OH is 2. The van der Waals surface area contributed by atoms with Gasteiger partial charge in [0.1, 0.15) is 0 Å². The predicted octanol–water partition coefficient (Wildman–Crippen LogP) is 5.34. The van der Waals surface area contributed by atoms with Gasteiger partial charge in [-0.15, -0.1) is 0 Å². The van der Waals surface area contributed by atoms with Crippen LogP contribution in [-0.4, -0.2) is 22.9 Å². The molecule has 22 heavy (non-hydrogen) atoms. The average Bonchev–Trinajstić information content (AvgIpc) is 2.58. The molecule has 0 radical (unpaired) electrons. The Labute approximate surface area is 137 Å². The highest BCUT2D eigenvalue weighted by Crippen LogP contribution is 2.11. The van der Waals surface area contributed by atoms with Gasteiger partial charge in [-0.05, 0) is 6.42 Å². The summed E-state index contributed by atoms with van der Waals surface area (Å²) in [6, 6.07) is 12.0. The lowest BCUT2D eigenvalue weighted by molar-refractivity contribution is 0.0860. The van der Waals surface area contributed by atoms with Crippen LogP contribution in [0.3, 0.4) is 0 Å². The van der Waals surface area contributed by atoms with Crippen molar-refractivity contribution in [1.82, 2.24) is 0 Å². The van der Waals surface area contributed by atoms with E-state index in [1.54, 1.807) is 0 Å². The van der Waals surface area contributed by atoms with Gasteiger partial charge in [0.2, 0.25) is 0 Å². The highest BCUT2D eigenvalue weighted by molar-refractivity contribution is 4.99. The van der Waals surface area contributed by atoms with Crippen molar-refractivity contribution in [2.45, 2.75) is 83.7 Å². The van der Waals surface area contributed by atoms with Gasteiger partial charge in [-0.25, -0.2) is 0 Å². The predicted molar refractivity (Wildman–Crippen MR) is 96.0 cm³/mol. The summed E-state index contributed by atoms with van der Waals surface area (Å²) in [6.07, 6.45) is 13.4. The summed E-state index contributed by atoms with van der Waals surface area (Å²) < 4.78 is 0. The maximum atomic E-state index is 9.13. The van der Waals surface area contributed by atoms with Gasteiger partial charge in [-0.3, -0.25) is 0 Å². The average molecular weight is 309 g/mol. The first-order valence-electron chi connectivity index (χ1n) is 9.10. The Hall–Kier alpha value is -0.860. The molecular weight excluding hydrogens is 272 g/mol. The topological polar surface area (TPSA) is 40.5 Å². The van der Waals surface area contributed by atoms with Crippen LogP contribution in [0.2, 0.25) is 0 Å². The summed E-state index contributed by atoms with van der Waals surface area (Å²) in [5.41, 5.74) is 0. The highest BCUT2D eigenvalue weighted by Gasteiger charge is 2.00. The van der Waals surface area contributed by atoms with Crippen molar-refractivity contribution in [2.75, 3.05) is 6.61 Å². The fraction of sp³-hybridized carbons (Fsp3) is 0.700. The fourth-order valence-electron chi connectivity index (χ4n) is 2.34. The third kappa shape index (κ3) is 17.2. The first-order chi connectivity index (χ1) is 10.8. The number of unbranched alkanes of at least 4 members (excludes halogenated alkanes) is 9. The molecule has 1 atom stereocenters. The monoisotopic (exact) mass is 308 g/mol. The number of aliphatic hydroxyl groups is 2. The van der Waals surface area contributed by atoms with E-state index in [9.17, 15) is 0 Å². The van der Waals surface area contributed by atoms with E-state index in [0.717, 1.165) is 12.8 Å². The minimum absolute atomic E-state index is 0.0859. The minimum Gasteiger partial charge on any atom is -0.394 e. The second kappa shape index (κ2) is 18.2. The van der Waals surface area contributed by atoms with Crippen molar-refractivity contribution in [3.63, 3.8) is 0 Å². The lowest BCUT2D eigenvalue weighted by Crippen LogP contribution is -2.10. The van der Waals surface area contributed by atoms with Crippen molar-refractivity contribution in [3.8, 4) is 0 Å². The van der Waals surface area contributed by atoms with Gasteiger partial charge in [0.05, 0.1) is 12.7 Å². The van der Waals surface area contributed by atoms with Crippen LogP contribution in [0.15, 0.2) is 36.4 Å². The largest absolute Gasteiger partial charge is 0.394 e. The van der Waals surface area contributed by atoms with Gasteiger partial charge in [-0.1, -0.05) is 108 Å². The number of rotatable bonds is 12. The van der Waals surface area contributed by atoms with Crippen LogP contribution in [-0.2, 0) is 0 Å². The summed E-state index contributed by atoms with van der Waals surface area (Å²) >= 11 is 0. The zero-order chi connectivity index (χ0) is 16.3. The van der Waals surface area contributed by atoms with E-state index in [4.69, 9.17) is 10.2 Å². The molecule has 0 amide bonds. The lowest BCUT2D eigenvalue weighted by Gasteiger charge is -2.06. The summed E-state index contributed by atoms with van der Waals surface area (Å²) in [5.74, 6) is 0. The number of hydrogen-bond donors (Lipinski definition) is 2. The van der Waals surface area contributed by atoms with E-state index in [1.807, 2.05) is 36.4 Å². The van der Waals surface area contributed by atoms with Crippen molar-refractivity contribution in [1.29, 1.82) is 0 Å². The molecule has 2 N–H and O–H groups in total. The summed E-state index contributed by atoms with van der Waals surface area (Å²) in [7, 11) is 0. The zero-order valence-corrected chi connectivity index (χ0v) is 14.4. The maximum absolute atomic E-state index is 9.13.